The number of benzene rings is 3. The molecule has 0 saturated carbocycles. The Kier molecular flexibility index (Phi) is 7.05. The van der Waals surface area contributed by atoms with Crippen molar-refractivity contribution in [2.24, 2.45) is 0 Å². The van der Waals surface area contributed by atoms with Crippen LogP contribution in [0.1, 0.15) is 49.3 Å². The normalized spacial score (nSPS) is 12.8. The first-order valence-electron chi connectivity index (χ1n) is 11.5. The van der Waals surface area contributed by atoms with Crippen molar-refractivity contribution in [2.45, 2.75) is 32.6 Å². The van der Waals surface area contributed by atoms with Gasteiger partial charge in [-0.05, 0) is 53.0 Å². The highest BCUT2D eigenvalue weighted by Gasteiger charge is 2.34. The number of hydrogen-bond acceptors (Lipinski definition) is 7. The van der Waals surface area contributed by atoms with Crippen LogP contribution >= 0.6 is 0 Å². The molecular weight excluding hydrogens is 466 g/mol. The van der Waals surface area contributed by atoms with Crippen molar-refractivity contribution in [2.75, 3.05) is 6.61 Å². The Labute approximate surface area is 206 Å². The second-order valence-electron chi connectivity index (χ2n) is 8.42. The summed E-state index contributed by atoms with van der Waals surface area (Å²) in [6.45, 7) is 2.75. The van der Waals surface area contributed by atoms with E-state index >= 15 is 0 Å². The molecule has 0 fully saturated rings. The first-order chi connectivity index (χ1) is 17.3. The van der Waals surface area contributed by atoms with E-state index in [-0.39, 0.29) is 16.8 Å². The van der Waals surface area contributed by atoms with E-state index in [9.17, 15) is 30.3 Å². The lowest BCUT2D eigenvalue weighted by atomic mass is 10.00. The lowest BCUT2D eigenvalue weighted by Gasteiger charge is -2.07. The lowest BCUT2D eigenvalue weighted by Crippen LogP contribution is -1.97. The second-order valence-corrected chi connectivity index (χ2v) is 8.42. The molecule has 184 valence electrons. The summed E-state index contributed by atoms with van der Waals surface area (Å²) in [4.78, 5) is 32.8. The van der Waals surface area contributed by atoms with Gasteiger partial charge in [-0.2, -0.15) is 0 Å². The minimum Gasteiger partial charge on any atom is -0.494 e. The number of unbranched alkanes of at least 4 members (excludes halogenated alkanes) is 3. The highest BCUT2D eigenvalue weighted by atomic mass is 16.6. The summed E-state index contributed by atoms with van der Waals surface area (Å²) in [7, 11) is 0. The molecule has 0 N–H and O–H groups in total. The Bertz CT molecular complexity index is 1380. The Hall–Kier alpha value is -4.60. The molecule has 0 aromatic heterocycles. The number of fused-ring (bicyclic) bond motifs is 3. The SMILES string of the molecule is CCCCCCOc1ccc(C=C2c3cc([N+](=O)[O-])ccc3-c3c2cc([N+](=O)[O-])cc3[N+](=O)[O-])cc1. The van der Waals surface area contributed by atoms with Gasteiger partial charge < -0.3 is 4.74 Å². The van der Waals surface area contributed by atoms with Gasteiger partial charge in [0.05, 0.1) is 33.0 Å². The average molecular weight is 489 g/mol. The molecule has 0 spiro atoms. The maximum atomic E-state index is 11.8. The molecule has 0 atom stereocenters. The molecule has 36 heavy (non-hydrogen) atoms. The van der Waals surface area contributed by atoms with E-state index in [1.807, 2.05) is 0 Å². The van der Waals surface area contributed by atoms with Gasteiger partial charge in [-0.1, -0.05) is 38.3 Å². The number of nitro benzene ring substituents is 3. The monoisotopic (exact) mass is 489 g/mol. The minimum atomic E-state index is -0.691. The van der Waals surface area contributed by atoms with Crippen LogP contribution in [0.3, 0.4) is 0 Å². The van der Waals surface area contributed by atoms with Gasteiger partial charge in [0.25, 0.3) is 17.1 Å². The Balaban J connectivity index is 1.78. The molecule has 1 aliphatic carbocycles. The van der Waals surface area contributed by atoms with Crippen molar-refractivity contribution in [1.82, 2.24) is 0 Å². The molecule has 0 aliphatic heterocycles. The van der Waals surface area contributed by atoms with Gasteiger partial charge in [0.2, 0.25) is 0 Å². The fourth-order valence-corrected chi connectivity index (χ4v) is 4.29. The van der Waals surface area contributed by atoms with E-state index in [2.05, 4.69) is 6.92 Å². The van der Waals surface area contributed by atoms with E-state index in [1.165, 1.54) is 24.3 Å². The van der Waals surface area contributed by atoms with Crippen LogP contribution in [0, 0.1) is 30.3 Å². The van der Waals surface area contributed by atoms with Crippen LogP contribution < -0.4 is 4.74 Å². The summed E-state index contributed by atoms with van der Waals surface area (Å²) < 4.78 is 5.77. The molecule has 0 unspecified atom stereocenters. The summed E-state index contributed by atoms with van der Waals surface area (Å²) in [5.74, 6) is 0.697. The number of nitrogens with zero attached hydrogens (tertiary/aromatic N) is 3. The molecule has 0 heterocycles. The molecule has 3 aromatic rings. The van der Waals surface area contributed by atoms with Crippen molar-refractivity contribution < 1.29 is 19.5 Å². The van der Waals surface area contributed by atoms with Crippen LogP contribution in [0.4, 0.5) is 17.1 Å². The van der Waals surface area contributed by atoms with Crippen LogP contribution in [0.5, 0.6) is 5.75 Å². The summed E-state index contributed by atoms with van der Waals surface area (Å²) in [6, 6.07) is 13.4. The van der Waals surface area contributed by atoms with E-state index in [0.29, 0.717) is 34.6 Å². The van der Waals surface area contributed by atoms with Crippen molar-refractivity contribution >= 4 is 28.7 Å². The molecule has 0 radical (unpaired) electrons. The molecule has 10 heteroatoms. The zero-order valence-electron chi connectivity index (χ0n) is 19.5. The summed E-state index contributed by atoms with van der Waals surface area (Å²) in [5.41, 5.74) is 1.40. The minimum absolute atomic E-state index is 0.184. The van der Waals surface area contributed by atoms with Crippen LogP contribution in [0.2, 0.25) is 0 Å². The van der Waals surface area contributed by atoms with Crippen molar-refractivity contribution in [3.63, 3.8) is 0 Å². The number of hydrogen-bond donors (Lipinski definition) is 0. The third kappa shape index (κ3) is 4.92. The largest absolute Gasteiger partial charge is 0.494 e. The summed E-state index contributed by atoms with van der Waals surface area (Å²) in [5, 5.41) is 34.7. The predicted octanol–water partition coefficient (Wildman–Crippen LogP) is 6.94. The van der Waals surface area contributed by atoms with Crippen LogP contribution in [0.15, 0.2) is 54.6 Å². The molecule has 4 rings (SSSR count). The zero-order valence-corrected chi connectivity index (χ0v) is 19.5. The number of ether oxygens (including phenoxy) is 1. The van der Waals surface area contributed by atoms with Gasteiger partial charge in [0, 0.05) is 23.8 Å². The summed E-state index contributed by atoms with van der Waals surface area (Å²) >= 11 is 0. The van der Waals surface area contributed by atoms with Crippen molar-refractivity contribution in [1.29, 1.82) is 0 Å². The third-order valence-corrected chi connectivity index (χ3v) is 6.03. The van der Waals surface area contributed by atoms with Crippen molar-refractivity contribution in [3.8, 4) is 16.9 Å². The predicted molar refractivity (Wildman–Crippen MR) is 135 cm³/mol. The third-order valence-electron chi connectivity index (χ3n) is 6.03. The topological polar surface area (TPSA) is 139 Å². The fourth-order valence-electron chi connectivity index (χ4n) is 4.29. The van der Waals surface area contributed by atoms with Crippen LogP contribution in [-0.4, -0.2) is 21.4 Å². The van der Waals surface area contributed by atoms with Gasteiger partial charge in [-0.3, -0.25) is 30.3 Å². The smallest absolute Gasteiger partial charge is 0.284 e. The molecule has 3 aromatic carbocycles. The maximum absolute atomic E-state index is 11.8. The standard InChI is InChI=1S/C26H23N3O7/c1-2-3-4-5-12-36-20-9-6-17(7-10-20)13-22-23-14-18(27(30)31)8-11-21(23)26-24(22)15-19(28(32)33)16-25(26)29(34)35/h6-11,13-16H,2-5,12H2,1H3. The molecule has 0 bridgehead atoms. The Morgan fingerprint density at radius 3 is 2.08 bits per heavy atom. The number of rotatable bonds is 10. The maximum Gasteiger partial charge on any atom is 0.284 e. The quantitative estimate of drug-likeness (QED) is 0.133. The van der Waals surface area contributed by atoms with Crippen molar-refractivity contribution in [3.05, 3.63) is 102 Å². The van der Waals surface area contributed by atoms with Gasteiger partial charge in [-0.25, -0.2) is 0 Å². The first kappa shape index (κ1) is 24.5. The van der Waals surface area contributed by atoms with Gasteiger partial charge in [-0.15, -0.1) is 0 Å². The fraction of sp³-hybridized carbons (Fsp3) is 0.231. The van der Waals surface area contributed by atoms with Gasteiger partial charge >= 0.3 is 0 Å². The number of non-ortho nitro benzene ring substituents is 2. The second kappa shape index (κ2) is 10.3. The molecule has 0 saturated heterocycles. The summed E-state index contributed by atoms with van der Waals surface area (Å²) in [6.07, 6.45) is 6.08. The number of nitro groups is 3. The highest BCUT2D eigenvalue weighted by molar-refractivity contribution is 6.09. The molecular formula is C26H23N3O7. The average Bonchev–Trinajstić information content (AvgIpc) is 3.16. The van der Waals surface area contributed by atoms with Gasteiger partial charge in [0.15, 0.2) is 0 Å². The Morgan fingerprint density at radius 2 is 1.44 bits per heavy atom. The van der Waals surface area contributed by atoms with Gasteiger partial charge in [0.1, 0.15) is 5.75 Å². The Morgan fingerprint density at radius 1 is 0.750 bits per heavy atom. The van der Waals surface area contributed by atoms with Crippen LogP contribution in [-0.2, 0) is 0 Å². The first-order valence-corrected chi connectivity index (χ1v) is 11.5. The molecule has 0 amide bonds. The van der Waals surface area contributed by atoms with Crippen LogP contribution in [0.25, 0.3) is 22.8 Å². The highest BCUT2D eigenvalue weighted by Crippen LogP contribution is 2.51. The lowest BCUT2D eigenvalue weighted by molar-refractivity contribution is -0.393. The zero-order chi connectivity index (χ0) is 25.8. The molecule has 10 nitrogen and oxygen atoms in total. The van der Waals surface area contributed by atoms with E-state index in [1.54, 1.807) is 30.3 Å². The van der Waals surface area contributed by atoms with E-state index < -0.39 is 26.1 Å². The molecule has 1 aliphatic rings. The van der Waals surface area contributed by atoms with E-state index in [0.717, 1.165) is 31.7 Å². The van der Waals surface area contributed by atoms with E-state index in [4.69, 9.17) is 4.74 Å².